The third-order valence-electron chi connectivity index (χ3n) is 5.93. The Labute approximate surface area is 189 Å². The van der Waals surface area contributed by atoms with E-state index in [2.05, 4.69) is 34.0 Å². The fourth-order valence-corrected chi connectivity index (χ4v) is 4.24. The number of anilines is 3. The number of aromatic nitrogens is 2. The van der Waals surface area contributed by atoms with Gasteiger partial charge in [0.05, 0.1) is 38.2 Å². The second-order valence-electron chi connectivity index (χ2n) is 8.76. The highest BCUT2D eigenvalue weighted by molar-refractivity contribution is 5.59. The SMILES string of the molecule is CC(C)OC1CCC(COc2nc(Nc3ccc(N4CCOCC4)cc3)ncc2F)CC1. The van der Waals surface area contributed by atoms with Crippen LogP contribution in [0.3, 0.4) is 0 Å². The first-order chi connectivity index (χ1) is 15.6. The summed E-state index contributed by atoms with van der Waals surface area (Å²) in [5.41, 5.74) is 1.99. The van der Waals surface area contributed by atoms with E-state index in [9.17, 15) is 4.39 Å². The molecule has 1 aliphatic heterocycles. The Hall–Kier alpha value is -2.45. The lowest BCUT2D eigenvalue weighted by molar-refractivity contribution is -0.0231. The zero-order valence-electron chi connectivity index (χ0n) is 18.9. The van der Waals surface area contributed by atoms with Crippen LogP contribution < -0.4 is 15.0 Å². The maximum Gasteiger partial charge on any atom is 0.255 e. The molecule has 2 aliphatic rings. The quantitative estimate of drug-likeness (QED) is 0.640. The van der Waals surface area contributed by atoms with Crippen molar-refractivity contribution in [2.45, 2.75) is 51.7 Å². The maximum absolute atomic E-state index is 14.2. The summed E-state index contributed by atoms with van der Waals surface area (Å²) in [5, 5.41) is 3.13. The second kappa shape index (κ2) is 10.9. The molecule has 1 saturated carbocycles. The van der Waals surface area contributed by atoms with Crippen LogP contribution in [0.2, 0.25) is 0 Å². The van der Waals surface area contributed by atoms with Gasteiger partial charge in [0.15, 0.2) is 0 Å². The largest absolute Gasteiger partial charge is 0.475 e. The predicted molar refractivity (Wildman–Crippen MR) is 122 cm³/mol. The van der Waals surface area contributed by atoms with Crippen LogP contribution in [0.4, 0.5) is 21.7 Å². The van der Waals surface area contributed by atoms with Gasteiger partial charge in [-0.15, -0.1) is 0 Å². The molecule has 1 aliphatic carbocycles. The molecule has 174 valence electrons. The van der Waals surface area contributed by atoms with Crippen LogP contribution in [-0.4, -0.2) is 55.1 Å². The topological polar surface area (TPSA) is 68.7 Å². The van der Waals surface area contributed by atoms with Crippen molar-refractivity contribution in [2.75, 3.05) is 43.1 Å². The fraction of sp³-hybridized carbons (Fsp3) is 0.583. The summed E-state index contributed by atoms with van der Waals surface area (Å²) in [6.45, 7) is 7.87. The molecule has 2 fully saturated rings. The van der Waals surface area contributed by atoms with E-state index in [0.717, 1.165) is 69.6 Å². The van der Waals surface area contributed by atoms with Crippen LogP contribution in [0.5, 0.6) is 5.88 Å². The van der Waals surface area contributed by atoms with Crippen molar-refractivity contribution in [1.82, 2.24) is 9.97 Å². The van der Waals surface area contributed by atoms with E-state index in [0.29, 0.717) is 24.6 Å². The van der Waals surface area contributed by atoms with Gasteiger partial charge in [-0.2, -0.15) is 9.37 Å². The number of halogens is 1. The van der Waals surface area contributed by atoms with Crippen LogP contribution in [0.1, 0.15) is 39.5 Å². The first kappa shape index (κ1) is 22.7. The van der Waals surface area contributed by atoms with E-state index in [1.54, 1.807) is 0 Å². The van der Waals surface area contributed by atoms with Crippen LogP contribution >= 0.6 is 0 Å². The van der Waals surface area contributed by atoms with Crippen molar-refractivity contribution in [3.63, 3.8) is 0 Å². The van der Waals surface area contributed by atoms with Gasteiger partial charge in [-0.25, -0.2) is 4.98 Å². The van der Waals surface area contributed by atoms with E-state index in [1.165, 1.54) is 0 Å². The number of benzene rings is 1. The first-order valence-electron chi connectivity index (χ1n) is 11.6. The maximum atomic E-state index is 14.2. The Bertz CT molecular complexity index is 851. The number of hydrogen-bond donors (Lipinski definition) is 1. The number of ether oxygens (including phenoxy) is 3. The Morgan fingerprint density at radius 2 is 1.84 bits per heavy atom. The minimum Gasteiger partial charge on any atom is -0.475 e. The lowest BCUT2D eigenvalue weighted by Crippen LogP contribution is -2.36. The molecule has 4 rings (SSSR count). The second-order valence-corrected chi connectivity index (χ2v) is 8.76. The first-order valence-corrected chi connectivity index (χ1v) is 11.6. The third kappa shape index (κ3) is 6.29. The minimum atomic E-state index is -0.546. The molecule has 0 amide bonds. The number of rotatable bonds is 8. The molecule has 0 radical (unpaired) electrons. The van der Waals surface area contributed by atoms with Gasteiger partial charge in [0, 0.05) is 24.5 Å². The molecule has 32 heavy (non-hydrogen) atoms. The average Bonchev–Trinajstić information content (AvgIpc) is 2.81. The highest BCUT2D eigenvalue weighted by Crippen LogP contribution is 2.28. The lowest BCUT2D eigenvalue weighted by Gasteiger charge is -2.29. The normalized spacial score (nSPS) is 21.6. The molecule has 2 aromatic rings. The summed E-state index contributed by atoms with van der Waals surface area (Å²) >= 11 is 0. The number of nitrogens with zero attached hydrogens (tertiary/aromatic N) is 3. The molecule has 1 saturated heterocycles. The van der Waals surface area contributed by atoms with Gasteiger partial charge < -0.3 is 24.4 Å². The molecule has 8 heteroatoms. The lowest BCUT2D eigenvalue weighted by atomic mass is 9.88. The summed E-state index contributed by atoms with van der Waals surface area (Å²) in [6, 6.07) is 8.04. The monoisotopic (exact) mass is 444 g/mol. The Balaban J connectivity index is 1.30. The fourth-order valence-electron chi connectivity index (χ4n) is 4.24. The molecule has 0 unspecified atom stereocenters. The van der Waals surface area contributed by atoms with Crippen molar-refractivity contribution < 1.29 is 18.6 Å². The van der Waals surface area contributed by atoms with Crippen molar-refractivity contribution in [3.05, 3.63) is 36.3 Å². The van der Waals surface area contributed by atoms with E-state index in [-0.39, 0.29) is 12.0 Å². The van der Waals surface area contributed by atoms with Gasteiger partial charge in [-0.3, -0.25) is 0 Å². The molecule has 1 aromatic heterocycles. The standard InChI is InChI=1S/C24H33FN4O3/c1-17(2)32-21-9-3-18(4-10-21)16-31-23-22(25)15-26-24(28-23)27-19-5-7-20(8-6-19)29-11-13-30-14-12-29/h5-8,15,17-18,21H,3-4,9-14,16H2,1-2H3,(H,26,27,28). The van der Waals surface area contributed by atoms with Gasteiger partial charge in [-0.05, 0) is 69.7 Å². The number of nitrogens with one attached hydrogen (secondary N) is 1. The smallest absolute Gasteiger partial charge is 0.255 e. The van der Waals surface area contributed by atoms with Crippen molar-refractivity contribution >= 4 is 17.3 Å². The van der Waals surface area contributed by atoms with Crippen LogP contribution in [0.25, 0.3) is 0 Å². The summed E-state index contributed by atoms with van der Waals surface area (Å²) in [5.74, 6) is 0.151. The Morgan fingerprint density at radius 3 is 2.53 bits per heavy atom. The summed E-state index contributed by atoms with van der Waals surface area (Å²) in [6.07, 6.45) is 5.81. The van der Waals surface area contributed by atoms with E-state index >= 15 is 0 Å². The molecular formula is C24H33FN4O3. The zero-order chi connectivity index (χ0) is 22.3. The minimum absolute atomic E-state index is 0.00649. The van der Waals surface area contributed by atoms with Crippen molar-refractivity contribution in [2.24, 2.45) is 5.92 Å². The molecule has 0 atom stereocenters. The van der Waals surface area contributed by atoms with Gasteiger partial charge in [0.25, 0.3) is 5.88 Å². The zero-order valence-corrected chi connectivity index (χ0v) is 18.9. The summed E-state index contributed by atoms with van der Waals surface area (Å²) in [4.78, 5) is 10.6. The average molecular weight is 445 g/mol. The van der Waals surface area contributed by atoms with Crippen LogP contribution in [0, 0.1) is 11.7 Å². The van der Waals surface area contributed by atoms with Gasteiger partial charge >= 0.3 is 0 Å². The molecule has 0 bridgehead atoms. The van der Waals surface area contributed by atoms with Crippen LogP contribution in [0.15, 0.2) is 30.5 Å². The van der Waals surface area contributed by atoms with Gasteiger partial charge in [0.1, 0.15) is 0 Å². The molecule has 2 heterocycles. The molecule has 1 aromatic carbocycles. The summed E-state index contributed by atoms with van der Waals surface area (Å²) in [7, 11) is 0. The van der Waals surface area contributed by atoms with Gasteiger partial charge in [-0.1, -0.05) is 0 Å². The third-order valence-corrected chi connectivity index (χ3v) is 5.93. The molecular weight excluding hydrogens is 411 g/mol. The van der Waals surface area contributed by atoms with Crippen molar-refractivity contribution in [3.8, 4) is 5.88 Å². The van der Waals surface area contributed by atoms with E-state index in [1.807, 2.05) is 24.3 Å². The highest BCUT2D eigenvalue weighted by atomic mass is 19.1. The van der Waals surface area contributed by atoms with Crippen molar-refractivity contribution in [1.29, 1.82) is 0 Å². The molecule has 0 spiro atoms. The van der Waals surface area contributed by atoms with Gasteiger partial charge in [0.2, 0.25) is 11.8 Å². The molecule has 1 N–H and O–H groups in total. The number of morpholine rings is 1. The Morgan fingerprint density at radius 1 is 1.12 bits per heavy atom. The van der Waals surface area contributed by atoms with E-state index < -0.39 is 5.82 Å². The van der Waals surface area contributed by atoms with E-state index in [4.69, 9.17) is 14.2 Å². The Kier molecular flexibility index (Phi) is 7.76. The van der Waals surface area contributed by atoms with Crippen LogP contribution in [-0.2, 0) is 9.47 Å². The highest BCUT2D eigenvalue weighted by Gasteiger charge is 2.23. The predicted octanol–water partition coefficient (Wildman–Crippen LogP) is 4.56. The number of hydrogen-bond acceptors (Lipinski definition) is 7. The molecule has 7 nitrogen and oxygen atoms in total. The summed E-state index contributed by atoms with van der Waals surface area (Å²) < 4.78 is 31.3.